The molecule has 0 saturated carbocycles. The Balaban J connectivity index is 2.19. The average molecular weight is 290 g/mol. The fourth-order valence-electron chi connectivity index (χ4n) is 1.97. The number of fused-ring (bicyclic) bond motifs is 1. The van der Waals surface area contributed by atoms with Gasteiger partial charge in [-0.1, -0.05) is 0 Å². The molecule has 6 heteroatoms. The number of aromatic nitrogens is 1. The lowest BCUT2D eigenvalue weighted by Gasteiger charge is -2.11. The first-order valence-corrected chi connectivity index (χ1v) is 6.02. The largest absolute Gasteiger partial charge is 0.449 e. The number of nitrogens with two attached hydrogens (primary N) is 1. The number of pyridine rings is 1. The molecule has 0 aliphatic heterocycles. The van der Waals surface area contributed by atoms with E-state index in [0.717, 1.165) is 24.3 Å². The number of halogens is 3. The van der Waals surface area contributed by atoms with Gasteiger partial charge in [-0.15, -0.1) is 0 Å². The van der Waals surface area contributed by atoms with E-state index < -0.39 is 23.2 Å². The van der Waals surface area contributed by atoms with Crippen LogP contribution < -0.4 is 10.5 Å². The summed E-state index contributed by atoms with van der Waals surface area (Å²) in [6.07, 6.45) is 1.43. The van der Waals surface area contributed by atoms with E-state index in [1.807, 2.05) is 0 Å². The van der Waals surface area contributed by atoms with E-state index in [4.69, 9.17) is 10.5 Å². The Kier molecular flexibility index (Phi) is 3.13. The minimum Gasteiger partial charge on any atom is -0.449 e. The molecule has 0 aliphatic rings. The minimum absolute atomic E-state index is 0.138. The number of anilines is 1. The van der Waals surface area contributed by atoms with Gasteiger partial charge in [-0.3, -0.25) is 4.98 Å². The summed E-state index contributed by atoms with van der Waals surface area (Å²) in [4.78, 5) is 3.99. The SMILES string of the molecule is Nc1cc(F)c(Oc2cc(F)ccc2F)c2ncccc12. The van der Waals surface area contributed by atoms with Gasteiger partial charge in [0.05, 0.1) is 0 Å². The summed E-state index contributed by atoms with van der Waals surface area (Å²) < 4.78 is 46.0. The Labute approximate surface area is 117 Å². The molecule has 0 radical (unpaired) electrons. The summed E-state index contributed by atoms with van der Waals surface area (Å²) >= 11 is 0. The fourth-order valence-corrected chi connectivity index (χ4v) is 1.97. The number of rotatable bonds is 2. The molecule has 3 rings (SSSR count). The van der Waals surface area contributed by atoms with E-state index in [2.05, 4.69) is 4.98 Å². The van der Waals surface area contributed by atoms with E-state index in [0.29, 0.717) is 5.39 Å². The maximum absolute atomic E-state index is 14.0. The van der Waals surface area contributed by atoms with Crippen LogP contribution >= 0.6 is 0 Å². The molecule has 106 valence electrons. The molecule has 0 saturated heterocycles. The number of hydrogen-bond acceptors (Lipinski definition) is 3. The molecule has 0 fully saturated rings. The molecule has 2 aromatic carbocycles. The molecular formula is C15H9F3N2O. The van der Waals surface area contributed by atoms with Crippen molar-refractivity contribution in [2.45, 2.75) is 0 Å². The molecule has 3 nitrogen and oxygen atoms in total. The highest BCUT2D eigenvalue weighted by molar-refractivity contribution is 5.94. The van der Waals surface area contributed by atoms with Crippen LogP contribution in [0.15, 0.2) is 42.6 Å². The van der Waals surface area contributed by atoms with E-state index in [1.54, 1.807) is 12.1 Å². The summed E-state index contributed by atoms with van der Waals surface area (Å²) in [6.45, 7) is 0. The predicted molar refractivity (Wildman–Crippen MR) is 72.5 cm³/mol. The van der Waals surface area contributed by atoms with Gasteiger partial charge in [-0.2, -0.15) is 0 Å². The molecule has 0 atom stereocenters. The Bertz CT molecular complexity index is 837. The van der Waals surface area contributed by atoms with Gasteiger partial charge in [0.25, 0.3) is 0 Å². The molecule has 1 heterocycles. The zero-order valence-corrected chi connectivity index (χ0v) is 10.6. The van der Waals surface area contributed by atoms with Gasteiger partial charge in [0, 0.05) is 29.4 Å². The Morgan fingerprint density at radius 2 is 1.81 bits per heavy atom. The second-order valence-corrected chi connectivity index (χ2v) is 4.35. The first-order chi connectivity index (χ1) is 10.1. The van der Waals surface area contributed by atoms with Crippen LogP contribution in [0.1, 0.15) is 0 Å². The fraction of sp³-hybridized carbons (Fsp3) is 0. The van der Waals surface area contributed by atoms with Crippen molar-refractivity contribution in [2.75, 3.05) is 5.73 Å². The van der Waals surface area contributed by atoms with Crippen molar-refractivity contribution < 1.29 is 17.9 Å². The van der Waals surface area contributed by atoms with Crippen LogP contribution in [0.5, 0.6) is 11.5 Å². The standard InChI is InChI=1S/C15H9F3N2O/c16-8-3-4-10(17)13(6-8)21-15-11(18)7-12(19)9-2-1-5-20-14(9)15/h1-7H,19H2. The number of ether oxygens (including phenoxy) is 1. The maximum Gasteiger partial charge on any atom is 0.189 e. The Morgan fingerprint density at radius 1 is 1.00 bits per heavy atom. The monoisotopic (exact) mass is 290 g/mol. The van der Waals surface area contributed by atoms with Gasteiger partial charge < -0.3 is 10.5 Å². The van der Waals surface area contributed by atoms with Crippen LogP contribution in [0.25, 0.3) is 10.9 Å². The van der Waals surface area contributed by atoms with Gasteiger partial charge in [-0.05, 0) is 24.3 Å². The Morgan fingerprint density at radius 3 is 2.62 bits per heavy atom. The summed E-state index contributed by atoms with van der Waals surface area (Å²) in [5.74, 6) is -3.03. The third-order valence-electron chi connectivity index (χ3n) is 2.94. The number of hydrogen-bond donors (Lipinski definition) is 1. The van der Waals surface area contributed by atoms with Crippen molar-refractivity contribution in [3.8, 4) is 11.5 Å². The highest BCUT2D eigenvalue weighted by atomic mass is 19.1. The van der Waals surface area contributed by atoms with Gasteiger partial charge in [0.15, 0.2) is 23.1 Å². The summed E-state index contributed by atoms with van der Waals surface area (Å²) in [5, 5.41) is 0.464. The number of nitrogens with zero attached hydrogens (tertiary/aromatic N) is 1. The second-order valence-electron chi connectivity index (χ2n) is 4.35. The van der Waals surface area contributed by atoms with Gasteiger partial charge in [0.1, 0.15) is 11.3 Å². The quantitative estimate of drug-likeness (QED) is 0.725. The molecule has 0 bridgehead atoms. The molecule has 1 aromatic heterocycles. The molecule has 0 amide bonds. The van der Waals surface area contributed by atoms with Gasteiger partial charge in [-0.25, -0.2) is 13.2 Å². The predicted octanol–water partition coefficient (Wildman–Crippen LogP) is 4.03. The Hall–Kier alpha value is -2.76. The first kappa shape index (κ1) is 13.2. The molecule has 0 spiro atoms. The topological polar surface area (TPSA) is 48.1 Å². The zero-order valence-electron chi connectivity index (χ0n) is 10.6. The van der Waals surface area contributed by atoms with E-state index in [9.17, 15) is 13.2 Å². The molecule has 2 N–H and O–H groups in total. The highest BCUT2D eigenvalue weighted by Crippen LogP contribution is 2.35. The smallest absolute Gasteiger partial charge is 0.189 e. The van der Waals surface area contributed by atoms with Crippen molar-refractivity contribution in [1.29, 1.82) is 0 Å². The number of benzene rings is 2. The minimum atomic E-state index is -0.809. The van der Waals surface area contributed by atoms with Crippen LogP contribution in [-0.4, -0.2) is 4.98 Å². The third kappa shape index (κ3) is 2.35. The van der Waals surface area contributed by atoms with Gasteiger partial charge in [0.2, 0.25) is 0 Å². The zero-order chi connectivity index (χ0) is 15.0. The average Bonchev–Trinajstić information content (AvgIpc) is 2.47. The maximum atomic E-state index is 14.0. The summed E-state index contributed by atoms with van der Waals surface area (Å²) in [6, 6.07) is 6.99. The summed E-state index contributed by atoms with van der Waals surface area (Å²) in [5.41, 5.74) is 6.02. The molecule has 21 heavy (non-hydrogen) atoms. The lowest BCUT2D eigenvalue weighted by atomic mass is 10.1. The second kappa shape index (κ2) is 4.97. The lowest BCUT2D eigenvalue weighted by molar-refractivity contribution is 0.414. The number of nitrogen functional groups attached to an aromatic ring is 1. The van der Waals surface area contributed by atoms with Crippen LogP contribution in [0.3, 0.4) is 0 Å². The normalized spacial score (nSPS) is 10.8. The third-order valence-corrected chi connectivity index (χ3v) is 2.94. The van der Waals surface area contributed by atoms with Crippen LogP contribution in [0.4, 0.5) is 18.9 Å². The van der Waals surface area contributed by atoms with E-state index in [1.165, 1.54) is 6.20 Å². The molecular weight excluding hydrogens is 281 g/mol. The van der Waals surface area contributed by atoms with E-state index in [-0.39, 0.29) is 17.0 Å². The van der Waals surface area contributed by atoms with Crippen molar-refractivity contribution in [2.24, 2.45) is 0 Å². The molecule has 0 unspecified atom stereocenters. The van der Waals surface area contributed by atoms with Crippen molar-refractivity contribution in [3.05, 3.63) is 60.0 Å². The molecule has 0 aliphatic carbocycles. The van der Waals surface area contributed by atoms with Crippen molar-refractivity contribution >= 4 is 16.6 Å². The summed E-state index contributed by atoms with van der Waals surface area (Å²) in [7, 11) is 0. The molecule has 3 aromatic rings. The highest BCUT2D eigenvalue weighted by Gasteiger charge is 2.16. The van der Waals surface area contributed by atoms with Crippen LogP contribution in [-0.2, 0) is 0 Å². The van der Waals surface area contributed by atoms with Crippen molar-refractivity contribution in [1.82, 2.24) is 4.98 Å². The van der Waals surface area contributed by atoms with E-state index >= 15 is 0 Å². The van der Waals surface area contributed by atoms with Gasteiger partial charge >= 0.3 is 0 Å². The lowest BCUT2D eigenvalue weighted by Crippen LogP contribution is -1.97. The van der Waals surface area contributed by atoms with Crippen LogP contribution in [0.2, 0.25) is 0 Å². The van der Waals surface area contributed by atoms with Crippen LogP contribution in [0, 0.1) is 17.5 Å². The first-order valence-electron chi connectivity index (χ1n) is 6.02. The van der Waals surface area contributed by atoms with Crippen molar-refractivity contribution in [3.63, 3.8) is 0 Å².